The maximum Gasteiger partial charge on any atom is 0.306 e. The molecule has 1 saturated carbocycles. The Kier molecular flexibility index (Phi) is 7.89. The molecule has 0 spiro atoms. The Morgan fingerprint density at radius 2 is 1.76 bits per heavy atom. The molecular weight excluding hydrogens is 418 g/mol. The molecule has 1 aliphatic heterocycles. The van der Waals surface area contributed by atoms with E-state index in [0.29, 0.717) is 38.3 Å². The molecule has 1 saturated heterocycles. The Bertz CT molecular complexity index is 917. The van der Waals surface area contributed by atoms with Gasteiger partial charge in [0.1, 0.15) is 5.56 Å². The lowest BCUT2D eigenvalue weighted by atomic mass is 9.86. The van der Waals surface area contributed by atoms with Crippen LogP contribution >= 0.6 is 0 Å². The van der Waals surface area contributed by atoms with E-state index in [2.05, 4.69) is 17.1 Å². The highest BCUT2D eigenvalue weighted by atomic mass is 16.4. The van der Waals surface area contributed by atoms with Crippen LogP contribution in [0.1, 0.15) is 92.7 Å². The van der Waals surface area contributed by atoms with E-state index in [1.165, 1.54) is 12.8 Å². The number of hydrogen-bond donors (Lipinski definition) is 2. The molecule has 4 rings (SSSR count). The largest absolute Gasteiger partial charge is 0.481 e. The average Bonchev–Trinajstić information content (AvgIpc) is 3.24. The Hall–Kier alpha value is -2.15. The van der Waals surface area contributed by atoms with Gasteiger partial charge in [-0.05, 0) is 88.9 Å². The predicted octanol–water partition coefficient (Wildman–Crippen LogP) is 3.36. The van der Waals surface area contributed by atoms with Crippen molar-refractivity contribution < 1.29 is 14.7 Å². The first kappa shape index (κ1) is 24.0. The van der Waals surface area contributed by atoms with Crippen LogP contribution in [0.3, 0.4) is 0 Å². The van der Waals surface area contributed by atoms with E-state index in [1.54, 1.807) is 0 Å². The third kappa shape index (κ3) is 5.51. The van der Waals surface area contributed by atoms with Crippen molar-refractivity contribution in [3.05, 3.63) is 33.2 Å². The Balaban J connectivity index is 1.59. The summed E-state index contributed by atoms with van der Waals surface area (Å²) in [6.45, 7) is 4.91. The summed E-state index contributed by atoms with van der Waals surface area (Å²) in [7, 11) is 0. The van der Waals surface area contributed by atoms with Gasteiger partial charge in [-0.3, -0.25) is 19.3 Å². The van der Waals surface area contributed by atoms with Crippen LogP contribution in [-0.4, -0.2) is 51.6 Å². The molecule has 1 atom stereocenters. The van der Waals surface area contributed by atoms with Gasteiger partial charge >= 0.3 is 5.97 Å². The second kappa shape index (κ2) is 10.9. The summed E-state index contributed by atoms with van der Waals surface area (Å²) < 4.78 is 1.94. The van der Waals surface area contributed by atoms with E-state index < -0.39 is 5.97 Å². The van der Waals surface area contributed by atoms with Crippen molar-refractivity contribution in [2.75, 3.05) is 13.1 Å². The summed E-state index contributed by atoms with van der Waals surface area (Å²) in [6.07, 6.45) is 11.1. The maximum absolute atomic E-state index is 13.7. The molecule has 0 radical (unpaired) electrons. The third-order valence-electron chi connectivity index (χ3n) is 8.06. The lowest BCUT2D eigenvalue weighted by Crippen LogP contribution is -2.43. The zero-order chi connectivity index (χ0) is 23.4. The molecule has 182 valence electrons. The summed E-state index contributed by atoms with van der Waals surface area (Å²) in [6, 6.07) is 2.16. The number of fused-ring (bicyclic) bond motifs is 1. The second-order valence-corrected chi connectivity index (χ2v) is 10.1. The van der Waals surface area contributed by atoms with Crippen LogP contribution in [0.15, 0.2) is 10.9 Å². The van der Waals surface area contributed by atoms with Crippen molar-refractivity contribution in [2.45, 2.75) is 103 Å². The van der Waals surface area contributed by atoms with Gasteiger partial charge in [-0.1, -0.05) is 19.8 Å². The Labute approximate surface area is 196 Å². The summed E-state index contributed by atoms with van der Waals surface area (Å²) in [5, 5.41) is 12.3. The fourth-order valence-corrected chi connectivity index (χ4v) is 6.07. The van der Waals surface area contributed by atoms with Crippen molar-refractivity contribution in [2.24, 2.45) is 5.92 Å². The van der Waals surface area contributed by atoms with Gasteiger partial charge in [0.25, 0.3) is 11.5 Å². The highest BCUT2D eigenvalue weighted by Gasteiger charge is 2.30. The normalized spacial score (nSPS) is 26.3. The SMILES string of the molecule is CCN1CCCC1Cn1c2c(cc(C(=O)NC3CCC(C(=O)O)CC3)c1=O)CCCCCC2. The van der Waals surface area contributed by atoms with Crippen LogP contribution < -0.4 is 10.9 Å². The first-order valence-corrected chi connectivity index (χ1v) is 13.0. The smallest absolute Gasteiger partial charge is 0.306 e. The fourth-order valence-electron chi connectivity index (χ4n) is 6.07. The van der Waals surface area contributed by atoms with Crippen molar-refractivity contribution in [3.63, 3.8) is 0 Å². The van der Waals surface area contributed by atoms with Crippen molar-refractivity contribution in [3.8, 4) is 0 Å². The molecule has 1 amide bonds. The van der Waals surface area contributed by atoms with E-state index in [9.17, 15) is 19.5 Å². The lowest BCUT2D eigenvalue weighted by molar-refractivity contribution is -0.142. The van der Waals surface area contributed by atoms with E-state index in [0.717, 1.165) is 62.9 Å². The topological polar surface area (TPSA) is 91.6 Å². The lowest BCUT2D eigenvalue weighted by Gasteiger charge is -2.28. The molecule has 3 aliphatic rings. The van der Waals surface area contributed by atoms with Gasteiger partial charge in [-0.15, -0.1) is 0 Å². The van der Waals surface area contributed by atoms with Gasteiger partial charge in [0.05, 0.1) is 5.92 Å². The van der Waals surface area contributed by atoms with Crippen molar-refractivity contribution in [1.82, 2.24) is 14.8 Å². The molecule has 7 heteroatoms. The number of amides is 1. The number of carboxylic acid groups (broad SMARTS) is 1. The second-order valence-electron chi connectivity index (χ2n) is 10.1. The molecule has 7 nitrogen and oxygen atoms in total. The molecule has 2 heterocycles. The molecule has 1 aromatic heterocycles. The summed E-state index contributed by atoms with van der Waals surface area (Å²) >= 11 is 0. The van der Waals surface area contributed by atoms with E-state index in [4.69, 9.17) is 0 Å². The van der Waals surface area contributed by atoms with Crippen LogP contribution in [0.25, 0.3) is 0 Å². The molecule has 1 aromatic rings. The molecule has 2 fully saturated rings. The van der Waals surface area contributed by atoms with Gasteiger partial charge in [0, 0.05) is 24.3 Å². The first-order chi connectivity index (χ1) is 16.0. The number of carbonyl (C=O) groups excluding carboxylic acids is 1. The quantitative estimate of drug-likeness (QED) is 0.683. The molecule has 2 N–H and O–H groups in total. The minimum absolute atomic E-state index is 0.0617. The number of likely N-dealkylation sites (N-methyl/N-ethyl adjacent to an activating group) is 1. The highest BCUT2D eigenvalue weighted by Crippen LogP contribution is 2.26. The minimum Gasteiger partial charge on any atom is -0.481 e. The van der Waals surface area contributed by atoms with E-state index >= 15 is 0 Å². The van der Waals surface area contributed by atoms with Gasteiger partial charge in [0.15, 0.2) is 0 Å². The van der Waals surface area contributed by atoms with Crippen molar-refractivity contribution in [1.29, 1.82) is 0 Å². The number of carboxylic acids is 1. The summed E-state index contributed by atoms with van der Waals surface area (Å²) in [5.74, 6) is -1.37. The number of aryl methyl sites for hydroxylation is 1. The first-order valence-electron chi connectivity index (χ1n) is 13.0. The van der Waals surface area contributed by atoms with Crippen LogP contribution in [0.2, 0.25) is 0 Å². The highest BCUT2D eigenvalue weighted by molar-refractivity contribution is 5.94. The molecular formula is C26H39N3O4. The van der Waals surface area contributed by atoms with Crippen LogP contribution in [0.4, 0.5) is 0 Å². The van der Waals surface area contributed by atoms with Gasteiger partial charge < -0.3 is 15.0 Å². The Morgan fingerprint density at radius 3 is 2.45 bits per heavy atom. The van der Waals surface area contributed by atoms with Gasteiger partial charge in [0.2, 0.25) is 0 Å². The number of pyridine rings is 1. The van der Waals surface area contributed by atoms with Crippen LogP contribution in [0.5, 0.6) is 0 Å². The third-order valence-corrected chi connectivity index (χ3v) is 8.06. The molecule has 0 aromatic carbocycles. The molecule has 33 heavy (non-hydrogen) atoms. The zero-order valence-corrected chi connectivity index (χ0v) is 20.0. The minimum atomic E-state index is -0.752. The molecule has 1 unspecified atom stereocenters. The van der Waals surface area contributed by atoms with Crippen molar-refractivity contribution >= 4 is 11.9 Å². The van der Waals surface area contributed by atoms with Gasteiger partial charge in [-0.25, -0.2) is 0 Å². The zero-order valence-electron chi connectivity index (χ0n) is 20.0. The standard InChI is InChI=1S/C26H39N3O4/c1-2-28-15-7-9-21(28)17-29-23-10-6-4-3-5-8-19(23)16-22(25(29)31)24(30)27-20-13-11-18(12-14-20)26(32)33/h16,18,20-21H,2-15,17H2,1H3,(H,27,30)(H,32,33). The Morgan fingerprint density at radius 1 is 1.03 bits per heavy atom. The molecule has 0 bridgehead atoms. The predicted molar refractivity (Wildman–Crippen MR) is 128 cm³/mol. The number of likely N-dealkylation sites (tertiary alicyclic amines) is 1. The van der Waals surface area contributed by atoms with Gasteiger partial charge in [-0.2, -0.15) is 0 Å². The van der Waals surface area contributed by atoms with Crippen LogP contribution in [0, 0.1) is 5.92 Å². The fraction of sp³-hybridized carbons (Fsp3) is 0.731. The summed E-state index contributed by atoms with van der Waals surface area (Å²) in [5.41, 5.74) is 2.40. The number of hydrogen-bond acceptors (Lipinski definition) is 4. The number of nitrogens with one attached hydrogen (secondary N) is 1. The van der Waals surface area contributed by atoms with E-state index in [1.807, 2.05) is 10.6 Å². The number of carbonyl (C=O) groups is 2. The van der Waals surface area contributed by atoms with Crippen LogP contribution in [-0.2, 0) is 24.2 Å². The monoisotopic (exact) mass is 457 g/mol. The maximum atomic E-state index is 13.7. The number of aliphatic carboxylic acids is 1. The number of aromatic nitrogens is 1. The molecule has 2 aliphatic carbocycles. The summed E-state index contributed by atoms with van der Waals surface area (Å²) in [4.78, 5) is 40.6. The average molecular weight is 458 g/mol. The van der Waals surface area contributed by atoms with E-state index in [-0.39, 0.29) is 29.0 Å². The number of nitrogens with zero attached hydrogens (tertiary/aromatic N) is 2. The number of rotatable bonds is 6.